The Bertz CT molecular complexity index is 633. The second kappa shape index (κ2) is 8.79. The molecule has 1 heterocycles. The molecule has 0 saturated carbocycles. The van der Waals surface area contributed by atoms with Crippen LogP contribution in [0.3, 0.4) is 0 Å². The Morgan fingerprint density at radius 2 is 2.04 bits per heavy atom. The number of nitrogens with one attached hydrogen (secondary N) is 1. The van der Waals surface area contributed by atoms with Crippen LogP contribution in [0.2, 0.25) is 0 Å². The standard InChI is InChI=1S/C17H22F2N2O5/c1-25-14(22)11-26-13-4-2-3-12(9-13)10-20-16(23)21-7-5-17(24,6-8-21)15(18)19/h2-4,9,15,24H,5-8,10-11H2,1H3,(H,20,23). The summed E-state index contributed by atoms with van der Waals surface area (Å²) in [7, 11) is 1.26. The number of piperidine rings is 1. The van der Waals surface area contributed by atoms with Crippen molar-refractivity contribution in [1.29, 1.82) is 0 Å². The highest BCUT2D eigenvalue weighted by molar-refractivity contribution is 5.74. The molecule has 144 valence electrons. The van der Waals surface area contributed by atoms with E-state index in [2.05, 4.69) is 10.1 Å². The summed E-state index contributed by atoms with van der Waals surface area (Å²) in [6.45, 7) is 0.126. The lowest BCUT2D eigenvalue weighted by Gasteiger charge is -2.37. The number of hydrogen-bond donors (Lipinski definition) is 2. The van der Waals surface area contributed by atoms with Crippen molar-refractivity contribution in [2.75, 3.05) is 26.8 Å². The first-order valence-electron chi connectivity index (χ1n) is 8.16. The molecular weight excluding hydrogens is 350 g/mol. The van der Waals surface area contributed by atoms with Gasteiger partial charge in [-0.3, -0.25) is 0 Å². The summed E-state index contributed by atoms with van der Waals surface area (Å²) in [5, 5.41) is 12.4. The van der Waals surface area contributed by atoms with E-state index in [-0.39, 0.29) is 45.1 Å². The first-order valence-corrected chi connectivity index (χ1v) is 8.16. The minimum Gasteiger partial charge on any atom is -0.482 e. The molecule has 9 heteroatoms. The molecule has 1 aromatic rings. The average Bonchev–Trinajstić information content (AvgIpc) is 2.65. The first kappa shape index (κ1) is 19.9. The topological polar surface area (TPSA) is 88.1 Å². The van der Waals surface area contributed by atoms with Crippen molar-refractivity contribution < 1.29 is 33.0 Å². The van der Waals surface area contributed by atoms with Crippen LogP contribution in [-0.4, -0.2) is 60.8 Å². The maximum Gasteiger partial charge on any atom is 0.343 e. The van der Waals surface area contributed by atoms with E-state index in [0.717, 1.165) is 5.56 Å². The number of nitrogens with zero attached hydrogens (tertiary/aromatic N) is 1. The first-order chi connectivity index (χ1) is 12.3. The zero-order valence-electron chi connectivity index (χ0n) is 14.4. The molecule has 0 spiro atoms. The predicted octanol–water partition coefficient (Wildman–Crippen LogP) is 1.54. The molecule has 26 heavy (non-hydrogen) atoms. The molecule has 1 aliphatic rings. The lowest BCUT2D eigenvalue weighted by atomic mass is 9.92. The van der Waals surface area contributed by atoms with Crippen LogP contribution in [-0.2, 0) is 16.1 Å². The lowest BCUT2D eigenvalue weighted by Crippen LogP contribution is -2.52. The van der Waals surface area contributed by atoms with Gasteiger partial charge in [0.1, 0.15) is 11.4 Å². The van der Waals surface area contributed by atoms with E-state index >= 15 is 0 Å². The van der Waals surface area contributed by atoms with Crippen molar-refractivity contribution in [3.63, 3.8) is 0 Å². The minimum atomic E-state index is -2.82. The molecule has 0 aromatic heterocycles. The number of amides is 2. The van der Waals surface area contributed by atoms with Gasteiger partial charge in [-0.1, -0.05) is 12.1 Å². The molecule has 2 N–H and O–H groups in total. The van der Waals surface area contributed by atoms with Crippen molar-refractivity contribution in [2.45, 2.75) is 31.4 Å². The Labute approximate surface area is 149 Å². The summed E-state index contributed by atoms with van der Waals surface area (Å²) >= 11 is 0. The fraction of sp³-hybridized carbons (Fsp3) is 0.529. The molecule has 0 bridgehead atoms. The highest BCUT2D eigenvalue weighted by Crippen LogP contribution is 2.28. The molecule has 7 nitrogen and oxygen atoms in total. The van der Waals surface area contributed by atoms with Crippen molar-refractivity contribution in [1.82, 2.24) is 10.2 Å². The van der Waals surface area contributed by atoms with Gasteiger partial charge in [0, 0.05) is 19.6 Å². The monoisotopic (exact) mass is 372 g/mol. The number of methoxy groups -OCH3 is 1. The highest BCUT2D eigenvalue weighted by Gasteiger charge is 2.41. The summed E-state index contributed by atoms with van der Waals surface area (Å²) in [4.78, 5) is 24.6. The summed E-state index contributed by atoms with van der Waals surface area (Å²) in [6.07, 6.45) is -3.13. The number of carbonyl (C=O) groups is 2. The van der Waals surface area contributed by atoms with Crippen LogP contribution in [0.15, 0.2) is 24.3 Å². The van der Waals surface area contributed by atoms with E-state index in [4.69, 9.17) is 4.74 Å². The van der Waals surface area contributed by atoms with Gasteiger partial charge in [0.25, 0.3) is 6.43 Å². The number of ether oxygens (including phenoxy) is 2. The van der Waals surface area contributed by atoms with Gasteiger partial charge in [0.05, 0.1) is 7.11 Å². The van der Waals surface area contributed by atoms with E-state index in [1.54, 1.807) is 24.3 Å². The van der Waals surface area contributed by atoms with Crippen LogP contribution >= 0.6 is 0 Å². The summed E-state index contributed by atoms with van der Waals surface area (Å²) in [6, 6.07) is 6.45. The Morgan fingerprint density at radius 3 is 2.65 bits per heavy atom. The zero-order valence-corrected chi connectivity index (χ0v) is 14.4. The van der Waals surface area contributed by atoms with Gasteiger partial charge in [-0.15, -0.1) is 0 Å². The number of hydrogen-bond acceptors (Lipinski definition) is 5. The maximum absolute atomic E-state index is 12.8. The van der Waals surface area contributed by atoms with Crippen LogP contribution in [0.1, 0.15) is 18.4 Å². The van der Waals surface area contributed by atoms with Crippen molar-refractivity contribution in [3.05, 3.63) is 29.8 Å². The number of carbonyl (C=O) groups excluding carboxylic acids is 2. The number of urea groups is 1. The molecule has 0 radical (unpaired) electrons. The molecule has 1 saturated heterocycles. The molecule has 2 rings (SSSR count). The van der Waals surface area contributed by atoms with Gasteiger partial charge in [0.2, 0.25) is 0 Å². The number of esters is 1. The molecule has 1 fully saturated rings. The van der Waals surface area contributed by atoms with Crippen LogP contribution in [0, 0.1) is 0 Å². The normalized spacial score (nSPS) is 16.3. The Morgan fingerprint density at radius 1 is 1.35 bits per heavy atom. The van der Waals surface area contributed by atoms with Gasteiger partial charge in [-0.25, -0.2) is 18.4 Å². The van der Waals surface area contributed by atoms with Gasteiger partial charge in [0.15, 0.2) is 6.61 Å². The molecular formula is C17H22F2N2O5. The Kier molecular flexibility index (Phi) is 6.73. The van der Waals surface area contributed by atoms with Crippen LogP contribution in [0.4, 0.5) is 13.6 Å². The van der Waals surface area contributed by atoms with Crippen LogP contribution in [0.25, 0.3) is 0 Å². The number of benzene rings is 1. The summed E-state index contributed by atoms with van der Waals surface area (Å²) in [5.74, 6) is -0.0420. The smallest absolute Gasteiger partial charge is 0.343 e. The van der Waals surface area contributed by atoms with Crippen LogP contribution in [0.5, 0.6) is 5.75 Å². The average molecular weight is 372 g/mol. The maximum atomic E-state index is 12.8. The van der Waals surface area contributed by atoms with Gasteiger partial charge >= 0.3 is 12.0 Å². The predicted molar refractivity (Wildman–Crippen MR) is 87.9 cm³/mol. The largest absolute Gasteiger partial charge is 0.482 e. The van der Waals surface area contributed by atoms with Gasteiger partial charge in [-0.2, -0.15) is 0 Å². The zero-order chi connectivity index (χ0) is 19.2. The fourth-order valence-corrected chi connectivity index (χ4v) is 2.55. The molecule has 1 aliphatic heterocycles. The third kappa shape index (κ3) is 5.29. The van der Waals surface area contributed by atoms with Gasteiger partial charge < -0.3 is 24.8 Å². The van der Waals surface area contributed by atoms with E-state index in [1.807, 2.05) is 0 Å². The van der Waals surface area contributed by atoms with E-state index in [1.165, 1.54) is 12.0 Å². The number of alkyl halides is 2. The number of rotatable bonds is 6. The Balaban J connectivity index is 1.81. The number of halogens is 2. The summed E-state index contributed by atoms with van der Waals surface area (Å²) < 4.78 is 35.3. The molecule has 0 atom stereocenters. The molecule has 0 aliphatic carbocycles. The number of aliphatic hydroxyl groups is 1. The van der Waals surface area contributed by atoms with E-state index in [9.17, 15) is 23.5 Å². The van der Waals surface area contributed by atoms with E-state index in [0.29, 0.717) is 5.75 Å². The van der Waals surface area contributed by atoms with Gasteiger partial charge in [-0.05, 0) is 30.5 Å². The van der Waals surface area contributed by atoms with Crippen molar-refractivity contribution in [3.8, 4) is 5.75 Å². The lowest BCUT2D eigenvalue weighted by molar-refractivity contribution is -0.142. The third-order valence-corrected chi connectivity index (χ3v) is 4.25. The second-order valence-electron chi connectivity index (χ2n) is 6.06. The SMILES string of the molecule is COC(=O)COc1cccc(CNC(=O)N2CCC(O)(C(F)F)CC2)c1. The number of likely N-dealkylation sites (tertiary alicyclic amines) is 1. The minimum absolute atomic E-state index is 0.0644. The summed E-state index contributed by atoms with van der Waals surface area (Å²) in [5.41, 5.74) is -1.26. The van der Waals surface area contributed by atoms with E-state index < -0.39 is 18.0 Å². The molecule has 1 aromatic carbocycles. The molecule has 0 unspecified atom stereocenters. The quantitative estimate of drug-likeness (QED) is 0.740. The Hall–Kier alpha value is -2.42. The second-order valence-corrected chi connectivity index (χ2v) is 6.06. The van der Waals surface area contributed by atoms with Crippen LogP contribution < -0.4 is 10.1 Å². The highest BCUT2D eigenvalue weighted by atomic mass is 19.3. The van der Waals surface area contributed by atoms with Crippen molar-refractivity contribution >= 4 is 12.0 Å². The fourth-order valence-electron chi connectivity index (χ4n) is 2.55. The third-order valence-electron chi connectivity index (χ3n) is 4.25. The van der Waals surface area contributed by atoms with Crippen molar-refractivity contribution in [2.24, 2.45) is 0 Å². The molecule has 2 amide bonds.